The second kappa shape index (κ2) is 4.22. The van der Waals surface area contributed by atoms with Crippen LogP contribution in [0.1, 0.15) is 17.7 Å². The normalized spacial score (nSPS) is 9.42. The van der Waals surface area contributed by atoms with Crippen LogP contribution >= 0.6 is 15.9 Å². The molecule has 0 unspecified atom stereocenters. The van der Waals surface area contributed by atoms with E-state index in [1.54, 1.807) is 6.20 Å². The van der Waals surface area contributed by atoms with Crippen LogP contribution in [0.3, 0.4) is 0 Å². The van der Waals surface area contributed by atoms with Crippen molar-refractivity contribution in [3.05, 3.63) is 28.0 Å². The molecule has 1 heterocycles. The fourth-order valence-corrected chi connectivity index (χ4v) is 1.37. The molecule has 2 nitrogen and oxygen atoms in total. The highest BCUT2D eigenvalue weighted by Gasteiger charge is 1.99. The van der Waals surface area contributed by atoms with Gasteiger partial charge in [-0.1, -0.05) is 0 Å². The van der Waals surface area contributed by atoms with Crippen LogP contribution in [0, 0.1) is 18.3 Å². The molecule has 0 aliphatic heterocycles. The predicted octanol–water partition coefficient (Wildman–Crippen LogP) is 2.61. The molecule has 0 aliphatic rings. The molecule has 62 valence electrons. The van der Waals surface area contributed by atoms with Gasteiger partial charge in [-0.2, -0.15) is 5.26 Å². The molecule has 0 fully saturated rings. The Balaban J connectivity index is 2.84. The van der Waals surface area contributed by atoms with E-state index in [0.717, 1.165) is 22.2 Å². The second-order valence-corrected chi connectivity index (χ2v) is 3.47. The third-order valence-electron chi connectivity index (χ3n) is 1.66. The van der Waals surface area contributed by atoms with Crippen LogP contribution in [0.15, 0.2) is 16.7 Å². The predicted molar refractivity (Wildman–Crippen MR) is 50.6 cm³/mol. The van der Waals surface area contributed by atoms with Gasteiger partial charge in [-0.05, 0) is 40.9 Å². The minimum atomic E-state index is 0.555. The van der Waals surface area contributed by atoms with E-state index in [2.05, 4.69) is 27.0 Å². The first-order chi connectivity index (χ1) is 5.74. The number of rotatable bonds is 2. The summed E-state index contributed by atoms with van der Waals surface area (Å²) < 4.78 is 0.973. The van der Waals surface area contributed by atoms with Gasteiger partial charge < -0.3 is 0 Å². The maximum atomic E-state index is 8.41. The fourth-order valence-electron chi connectivity index (χ4n) is 0.993. The van der Waals surface area contributed by atoms with Gasteiger partial charge in [0.2, 0.25) is 0 Å². The summed E-state index contributed by atoms with van der Waals surface area (Å²) in [5.41, 5.74) is 2.15. The summed E-state index contributed by atoms with van der Waals surface area (Å²) in [6.45, 7) is 1.96. The lowest BCUT2D eigenvalue weighted by atomic mass is 10.1. The molecular weight excluding hydrogens is 216 g/mol. The van der Waals surface area contributed by atoms with Gasteiger partial charge in [0, 0.05) is 22.8 Å². The van der Waals surface area contributed by atoms with Gasteiger partial charge in [-0.3, -0.25) is 4.98 Å². The molecule has 12 heavy (non-hydrogen) atoms. The zero-order valence-corrected chi connectivity index (χ0v) is 8.43. The van der Waals surface area contributed by atoms with Crippen molar-refractivity contribution in [3.63, 3.8) is 0 Å². The Morgan fingerprint density at radius 3 is 3.08 bits per heavy atom. The summed E-state index contributed by atoms with van der Waals surface area (Å²) in [5, 5.41) is 8.41. The molecule has 3 heteroatoms. The molecule has 0 aliphatic carbocycles. The van der Waals surface area contributed by atoms with E-state index in [9.17, 15) is 0 Å². The molecule has 0 bridgehead atoms. The Bertz CT molecular complexity index is 315. The highest BCUT2D eigenvalue weighted by atomic mass is 79.9. The van der Waals surface area contributed by atoms with Gasteiger partial charge in [0.15, 0.2) is 0 Å². The molecule has 0 saturated carbocycles. The third kappa shape index (κ3) is 2.31. The maximum Gasteiger partial charge on any atom is 0.0625 e. The number of halogens is 1. The lowest BCUT2D eigenvalue weighted by Crippen LogP contribution is -1.91. The molecule has 0 N–H and O–H groups in total. The van der Waals surface area contributed by atoms with Crippen LogP contribution < -0.4 is 0 Å². The van der Waals surface area contributed by atoms with Crippen LogP contribution in [0.2, 0.25) is 0 Å². The highest BCUT2D eigenvalue weighted by molar-refractivity contribution is 9.10. The number of pyridine rings is 1. The van der Waals surface area contributed by atoms with Crippen LogP contribution in [-0.4, -0.2) is 4.98 Å². The van der Waals surface area contributed by atoms with Crippen molar-refractivity contribution >= 4 is 15.9 Å². The van der Waals surface area contributed by atoms with Gasteiger partial charge in [-0.25, -0.2) is 0 Å². The van der Waals surface area contributed by atoms with Gasteiger partial charge in [0.1, 0.15) is 0 Å². The summed E-state index contributed by atoms with van der Waals surface area (Å²) in [4.78, 5) is 4.18. The van der Waals surface area contributed by atoms with E-state index < -0.39 is 0 Å². The molecule has 0 aromatic carbocycles. The lowest BCUT2D eigenvalue weighted by Gasteiger charge is -2.01. The van der Waals surface area contributed by atoms with Crippen LogP contribution in [0.5, 0.6) is 0 Å². The standard InChI is InChI=1S/C9H9BrN2/c1-7-8(3-2-4-11)5-9(10)6-12-7/h5-6H,2-3H2,1H3. The Kier molecular flexibility index (Phi) is 3.24. The average molecular weight is 225 g/mol. The monoisotopic (exact) mass is 224 g/mol. The number of hydrogen-bond acceptors (Lipinski definition) is 2. The molecule has 1 aromatic heterocycles. The molecule has 0 atom stereocenters. The van der Waals surface area contributed by atoms with Crippen molar-refractivity contribution in [2.75, 3.05) is 0 Å². The zero-order valence-electron chi connectivity index (χ0n) is 6.84. The molecule has 1 aromatic rings. The Morgan fingerprint density at radius 1 is 1.67 bits per heavy atom. The number of aryl methyl sites for hydroxylation is 2. The Hall–Kier alpha value is -0.880. The summed E-state index contributed by atoms with van der Waals surface area (Å²) >= 11 is 3.34. The van der Waals surface area contributed by atoms with Gasteiger partial charge in [-0.15, -0.1) is 0 Å². The number of nitrogens with zero attached hydrogens (tertiary/aromatic N) is 2. The molecule has 1 rings (SSSR count). The van der Waals surface area contributed by atoms with Crippen molar-refractivity contribution in [2.45, 2.75) is 19.8 Å². The van der Waals surface area contributed by atoms with Gasteiger partial charge in [0.25, 0.3) is 0 Å². The van der Waals surface area contributed by atoms with E-state index in [0.29, 0.717) is 6.42 Å². The topological polar surface area (TPSA) is 36.7 Å². The van der Waals surface area contributed by atoms with Gasteiger partial charge >= 0.3 is 0 Å². The number of nitriles is 1. The van der Waals surface area contributed by atoms with E-state index >= 15 is 0 Å². The first kappa shape index (κ1) is 9.21. The van der Waals surface area contributed by atoms with E-state index in [-0.39, 0.29) is 0 Å². The van der Waals surface area contributed by atoms with Crippen molar-refractivity contribution < 1.29 is 0 Å². The Labute approximate surface area is 80.4 Å². The largest absolute Gasteiger partial charge is 0.260 e. The molecular formula is C9H9BrN2. The molecule has 0 saturated heterocycles. The number of hydrogen-bond donors (Lipinski definition) is 0. The highest BCUT2D eigenvalue weighted by Crippen LogP contribution is 2.14. The first-order valence-corrected chi connectivity index (χ1v) is 4.51. The Morgan fingerprint density at radius 2 is 2.42 bits per heavy atom. The minimum Gasteiger partial charge on any atom is -0.260 e. The second-order valence-electron chi connectivity index (χ2n) is 2.56. The summed E-state index contributed by atoms with van der Waals surface area (Å²) in [7, 11) is 0. The quantitative estimate of drug-likeness (QED) is 0.775. The lowest BCUT2D eigenvalue weighted by molar-refractivity contribution is 0.966. The van der Waals surface area contributed by atoms with Crippen molar-refractivity contribution in [3.8, 4) is 6.07 Å². The summed E-state index contributed by atoms with van der Waals surface area (Å²) in [5.74, 6) is 0. The smallest absolute Gasteiger partial charge is 0.0625 e. The first-order valence-electron chi connectivity index (χ1n) is 3.72. The fraction of sp³-hybridized carbons (Fsp3) is 0.333. The van der Waals surface area contributed by atoms with Crippen molar-refractivity contribution in [2.24, 2.45) is 0 Å². The SMILES string of the molecule is Cc1ncc(Br)cc1CCC#N. The van der Waals surface area contributed by atoms with Crippen molar-refractivity contribution in [1.82, 2.24) is 4.98 Å². The minimum absolute atomic E-state index is 0.555. The van der Waals surface area contributed by atoms with E-state index in [1.807, 2.05) is 13.0 Å². The van der Waals surface area contributed by atoms with Crippen LogP contribution in [0.4, 0.5) is 0 Å². The van der Waals surface area contributed by atoms with Crippen LogP contribution in [0.25, 0.3) is 0 Å². The molecule has 0 amide bonds. The van der Waals surface area contributed by atoms with Crippen molar-refractivity contribution in [1.29, 1.82) is 5.26 Å². The molecule has 0 radical (unpaired) electrons. The zero-order chi connectivity index (χ0) is 8.97. The van der Waals surface area contributed by atoms with E-state index in [4.69, 9.17) is 5.26 Å². The summed E-state index contributed by atoms with van der Waals surface area (Å²) in [6, 6.07) is 4.13. The average Bonchev–Trinajstić information content (AvgIpc) is 2.07. The van der Waals surface area contributed by atoms with Crippen LogP contribution in [-0.2, 0) is 6.42 Å². The third-order valence-corrected chi connectivity index (χ3v) is 2.10. The molecule has 0 spiro atoms. The maximum absolute atomic E-state index is 8.41. The summed E-state index contributed by atoms with van der Waals surface area (Å²) in [6.07, 6.45) is 3.11. The van der Waals surface area contributed by atoms with Gasteiger partial charge in [0.05, 0.1) is 6.07 Å². The number of aromatic nitrogens is 1. The van der Waals surface area contributed by atoms with E-state index in [1.165, 1.54) is 0 Å².